The minimum Gasteiger partial charge on any atom is -0.309 e. The van der Waals surface area contributed by atoms with E-state index in [2.05, 4.69) is 10.3 Å². The third-order valence-electron chi connectivity index (χ3n) is 2.89. The molecule has 1 heterocycles. The van der Waals surface area contributed by atoms with Gasteiger partial charge in [-0.25, -0.2) is 8.78 Å². The first-order valence-corrected chi connectivity index (χ1v) is 6.28. The minimum absolute atomic E-state index is 0.0487. The van der Waals surface area contributed by atoms with E-state index in [0.29, 0.717) is 6.42 Å². The standard InChI is InChI=1S/C15H16F2N2/c1-2-18-15(14-7-6-13(17)10-19-14)9-11-4-3-5-12(16)8-11/h3-8,10,15,18H,2,9H2,1H3. The number of nitrogens with zero attached hydrogens (tertiary/aromatic N) is 1. The van der Waals surface area contributed by atoms with E-state index >= 15 is 0 Å². The lowest BCUT2D eigenvalue weighted by atomic mass is 10.0. The summed E-state index contributed by atoms with van der Waals surface area (Å²) in [4.78, 5) is 4.08. The molecule has 0 fully saturated rings. The Kier molecular flexibility index (Phi) is 4.58. The predicted molar refractivity (Wildman–Crippen MR) is 70.7 cm³/mol. The third kappa shape index (κ3) is 3.83. The molecule has 1 unspecified atom stereocenters. The number of hydrogen-bond donors (Lipinski definition) is 1. The fourth-order valence-electron chi connectivity index (χ4n) is 2.02. The quantitative estimate of drug-likeness (QED) is 0.894. The lowest BCUT2D eigenvalue weighted by molar-refractivity contribution is 0.529. The molecular formula is C15H16F2N2. The van der Waals surface area contributed by atoms with Gasteiger partial charge in [-0.15, -0.1) is 0 Å². The average molecular weight is 262 g/mol. The first-order chi connectivity index (χ1) is 9.19. The Labute approximate surface area is 111 Å². The normalized spacial score (nSPS) is 12.4. The summed E-state index contributed by atoms with van der Waals surface area (Å²) >= 11 is 0. The third-order valence-corrected chi connectivity index (χ3v) is 2.89. The van der Waals surface area contributed by atoms with Crippen LogP contribution in [0.2, 0.25) is 0 Å². The second-order valence-corrected chi connectivity index (χ2v) is 4.35. The van der Waals surface area contributed by atoms with E-state index in [1.807, 2.05) is 13.0 Å². The van der Waals surface area contributed by atoms with Crippen LogP contribution in [0.25, 0.3) is 0 Å². The molecule has 0 amide bonds. The van der Waals surface area contributed by atoms with Gasteiger partial charge in [-0.3, -0.25) is 4.98 Å². The van der Waals surface area contributed by atoms with Crippen LogP contribution in [0, 0.1) is 11.6 Å². The van der Waals surface area contributed by atoms with E-state index in [4.69, 9.17) is 0 Å². The Balaban J connectivity index is 2.18. The van der Waals surface area contributed by atoms with E-state index in [1.165, 1.54) is 24.4 Å². The smallest absolute Gasteiger partial charge is 0.141 e. The van der Waals surface area contributed by atoms with E-state index in [-0.39, 0.29) is 17.7 Å². The highest BCUT2D eigenvalue weighted by Gasteiger charge is 2.13. The molecule has 0 radical (unpaired) electrons. The van der Waals surface area contributed by atoms with Gasteiger partial charge in [0, 0.05) is 0 Å². The van der Waals surface area contributed by atoms with Crippen LogP contribution in [0.5, 0.6) is 0 Å². The van der Waals surface area contributed by atoms with Crippen LogP contribution >= 0.6 is 0 Å². The summed E-state index contributed by atoms with van der Waals surface area (Å²) in [6, 6.07) is 9.48. The van der Waals surface area contributed by atoms with Crippen LogP contribution in [-0.2, 0) is 6.42 Å². The maximum Gasteiger partial charge on any atom is 0.141 e. The van der Waals surface area contributed by atoms with Crippen LogP contribution in [-0.4, -0.2) is 11.5 Å². The molecule has 2 aromatic rings. The molecule has 1 aromatic heterocycles. The highest BCUT2D eigenvalue weighted by atomic mass is 19.1. The molecule has 0 spiro atoms. The van der Waals surface area contributed by atoms with E-state index in [0.717, 1.165) is 17.8 Å². The molecule has 1 atom stereocenters. The second kappa shape index (κ2) is 6.38. The van der Waals surface area contributed by atoms with E-state index in [1.54, 1.807) is 12.1 Å². The van der Waals surface area contributed by atoms with E-state index in [9.17, 15) is 8.78 Å². The Morgan fingerprint density at radius 3 is 2.63 bits per heavy atom. The summed E-state index contributed by atoms with van der Waals surface area (Å²) in [5, 5.41) is 3.28. The number of pyridine rings is 1. The summed E-state index contributed by atoms with van der Waals surface area (Å²) in [7, 11) is 0. The van der Waals surface area contributed by atoms with Crippen LogP contribution in [0.15, 0.2) is 42.6 Å². The van der Waals surface area contributed by atoms with Gasteiger partial charge in [0.05, 0.1) is 17.9 Å². The van der Waals surface area contributed by atoms with Crippen molar-refractivity contribution in [3.8, 4) is 0 Å². The highest BCUT2D eigenvalue weighted by Crippen LogP contribution is 2.17. The summed E-state index contributed by atoms with van der Waals surface area (Å²) < 4.78 is 26.1. The van der Waals surface area contributed by atoms with Crippen molar-refractivity contribution < 1.29 is 8.78 Å². The molecule has 0 saturated heterocycles. The van der Waals surface area contributed by atoms with Gasteiger partial charge in [0.2, 0.25) is 0 Å². The van der Waals surface area contributed by atoms with Crippen molar-refractivity contribution in [2.75, 3.05) is 6.54 Å². The Morgan fingerprint density at radius 2 is 2.00 bits per heavy atom. The largest absolute Gasteiger partial charge is 0.309 e. The number of halogens is 2. The van der Waals surface area contributed by atoms with Gasteiger partial charge in [0.1, 0.15) is 11.6 Å². The van der Waals surface area contributed by atoms with E-state index < -0.39 is 0 Å². The van der Waals surface area contributed by atoms with Crippen LogP contribution in [0.1, 0.15) is 24.2 Å². The summed E-state index contributed by atoms with van der Waals surface area (Å²) in [5.74, 6) is -0.607. The summed E-state index contributed by atoms with van der Waals surface area (Å²) in [6.07, 6.45) is 1.81. The molecule has 0 aliphatic heterocycles. The van der Waals surface area contributed by atoms with Crippen molar-refractivity contribution in [1.82, 2.24) is 10.3 Å². The molecular weight excluding hydrogens is 246 g/mol. The zero-order chi connectivity index (χ0) is 13.7. The topological polar surface area (TPSA) is 24.9 Å². The Morgan fingerprint density at radius 1 is 1.16 bits per heavy atom. The van der Waals surface area contributed by atoms with Crippen molar-refractivity contribution in [1.29, 1.82) is 0 Å². The molecule has 0 aliphatic rings. The fraction of sp³-hybridized carbons (Fsp3) is 0.267. The van der Waals surface area contributed by atoms with Crippen LogP contribution in [0.4, 0.5) is 8.78 Å². The first kappa shape index (κ1) is 13.6. The Bertz CT molecular complexity index is 526. The molecule has 0 aliphatic carbocycles. The van der Waals surface area contributed by atoms with Crippen molar-refractivity contribution in [2.24, 2.45) is 0 Å². The lowest BCUT2D eigenvalue weighted by Gasteiger charge is -2.17. The SMILES string of the molecule is CCNC(Cc1cccc(F)c1)c1ccc(F)cn1. The van der Waals surface area contributed by atoms with Gasteiger partial charge in [0.25, 0.3) is 0 Å². The predicted octanol–water partition coefficient (Wildman–Crippen LogP) is 3.25. The number of hydrogen-bond acceptors (Lipinski definition) is 2. The van der Waals surface area contributed by atoms with Gasteiger partial charge in [0.15, 0.2) is 0 Å². The first-order valence-electron chi connectivity index (χ1n) is 6.28. The number of aromatic nitrogens is 1. The number of nitrogens with one attached hydrogen (secondary N) is 1. The second-order valence-electron chi connectivity index (χ2n) is 4.35. The number of likely N-dealkylation sites (N-methyl/N-ethyl adjacent to an activating group) is 1. The maximum absolute atomic E-state index is 13.2. The average Bonchev–Trinajstić information content (AvgIpc) is 2.39. The molecule has 1 N–H and O–H groups in total. The van der Waals surface area contributed by atoms with Crippen LogP contribution < -0.4 is 5.32 Å². The monoisotopic (exact) mass is 262 g/mol. The van der Waals surface area contributed by atoms with Crippen molar-refractivity contribution in [3.05, 3.63) is 65.5 Å². The zero-order valence-corrected chi connectivity index (χ0v) is 10.7. The molecule has 100 valence electrons. The van der Waals surface area contributed by atoms with Gasteiger partial charge < -0.3 is 5.32 Å². The summed E-state index contributed by atoms with van der Waals surface area (Å²) in [5.41, 5.74) is 1.64. The van der Waals surface area contributed by atoms with Crippen molar-refractivity contribution in [3.63, 3.8) is 0 Å². The fourth-order valence-corrected chi connectivity index (χ4v) is 2.02. The van der Waals surface area contributed by atoms with Gasteiger partial charge >= 0.3 is 0 Å². The zero-order valence-electron chi connectivity index (χ0n) is 10.7. The molecule has 4 heteroatoms. The summed E-state index contributed by atoms with van der Waals surface area (Å²) in [6.45, 7) is 2.75. The molecule has 1 aromatic carbocycles. The minimum atomic E-state index is -0.357. The van der Waals surface area contributed by atoms with Crippen LogP contribution in [0.3, 0.4) is 0 Å². The Hall–Kier alpha value is -1.81. The molecule has 0 saturated carbocycles. The highest BCUT2D eigenvalue weighted by molar-refractivity contribution is 5.20. The van der Waals surface area contributed by atoms with Crippen molar-refractivity contribution >= 4 is 0 Å². The number of benzene rings is 1. The van der Waals surface area contributed by atoms with Crippen molar-refractivity contribution in [2.45, 2.75) is 19.4 Å². The molecule has 19 heavy (non-hydrogen) atoms. The van der Waals surface area contributed by atoms with Gasteiger partial charge in [-0.2, -0.15) is 0 Å². The maximum atomic E-state index is 13.2. The lowest BCUT2D eigenvalue weighted by Crippen LogP contribution is -2.24. The number of rotatable bonds is 5. The molecule has 2 rings (SSSR count). The van der Waals surface area contributed by atoms with Gasteiger partial charge in [-0.05, 0) is 42.8 Å². The molecule has 0 bridgehead atoms. The van der Waals surface area contributed by atoms with Gasteiger partial charge in [-0.1, -0.05) is 19.1 Å². The molecule has 2 nitrogen and oxygen atoms in total.